The fourth-order valence-corrected chi connectivity index (χ4v) is 2.49. The van der Waals surface area contributed by atoms with Crippen LogP contribution in [0.3, 0.4) is 0 Å². The first-order chi connectivity index (χ1) is 6.38. The molecular weight excluding hydrogens is 180 g/mol. The molecule has 0 spiro atoms. The van der Waals surface area contributed by atoms with Crippen molar-refractivity contribution in [2.75, 3.05) is 0 Å². The topological polar surface area (TPSA) is 20.2 Å². The van der Waals surface area contributed by atoms with Gasteiger partial charge in [0.05, 0.1) is 0 Å². The summed E-state index contributed by atoms with van der Waals surface area (Å²) in [5.74, 6) is 0. The van der Waals surface area contributed by atoms with Crippen molar-refractivity contribution in [2.24, 2.45) is 0 Å². The van der Waals surface area contributed by atoms with E-state index in [4.69, 9.17) is 0 Å². The van der Waals surface area contributed by atoms with Crippen molar-refractivity contribution in [2.45, 2.75) is 31.8 Å². The third-order valence-electron chi connectivity index (χ3n) is 2.49. The Kier molecular flexibility index (Phi) is 2.81. The lowest BCUT2D eigenvalue weighted by molar-refractivity contribution is 0.212. The Labute approximate surface area is 82.7 Å². The molecule has 0 radical (unpaired) electrons. The van der Waals surface area contributed by atoms with Crippen LogP contribution >= 0.6 is 11.3 Å². The van der Waals surface area contributed by atoms with E-state index < -0.39 is 0 Å². The average Bonchev–Trinajstić information content (AvgIpc) is 2.71. The zero-order valence-electron chi connectivity index (χ0n) is 7.57. The maximum absolute atomic E-state index is 9.98. The van der Waals surface area contributed by atoms with Gasteiger partial charge in [-0.25, -0.2) is 0 Å². The highest BCUT2D eigenvalue weighted by molar-refractivity contribution is 7.10. The molecule has 0 bridgehead atoms. The summed E-state index contributed by atoms with van der Waals surface area (Å²) in [4.78, 5) is 1.08. The number of rotatable bonds is 2. The lowest BCUT2D eigenvalue weighted by atomic mass is 9.95. The molecule has 1 nitrogen and oxygen atoms in total. The normalized spacial score (nSPS) is 19.6. The maximum Gasteiger partial charge on any atom is 0.109 e. The summed E-state index contributed by atoms with van der Waals surface area (Å²) in [5, 5.41) is 12.0. The Morgan fingerprint density at radius 3 is 2.92 bits per heavy atom. The van der Waals surface area contributed by atoms with E-state index >= 15 is 0 Å². The van der Waals surface area contributed by atoms with Gasteiger partial charge in [-0.3, -0.25) is 0 Å². The third-order valence-corrected chi connectivity index (χ3v) is 3.41. The molecule has 13 heavy (non-hydrogen) atoms. The first-order valence-electron chi connectivity index (χ1n) is 4.78. The Morgan fingerprint density at radius 2 is 2.31 bits per heavy atom. The van der Waals surface area contributed by atoms with Crippen molar-refractivity contribution < 1.29 is 5.11 Å². The Hall–Kier alpha value is -0.600. The van der Waals surface area contributed by atoms with Crippen LogP contribution in [0.5, 0.6) is 0 Å². The molecule has 0 saturated heterocycles. The summed E-state index contributed by atoms with van der Waals surface area (Å²) in [6.45, 7) is 0. The summed E-state index contributed by atoms with van der Waals surface area (Å²) in [5.41, 5.74) is 1.22. The number of aliphatic hydroxyl groups is 1. The molecular formula is C11H14OS. The maximum atomic E-state index is 9.98. The van der Waals surface area contributed by atoms with Crippen LogP contribution in [0.25, 0.3) is 0 Å². The first-order valence-corrected chi connectivity index (χ1v) is 5.66. The van der Waals surface area contributed by atoms with Gasteiger partial charge >= 0.3 is 0 Å². The highest BCUT2D eigenvalue weighted by Gasteiger charge is 2.15. The SMILES string of the molecule is O[C@@H](C1=CCCCC1)c1cccs1. The predicted molar refractivity (Wildman–Crippen MR) is 55.8 cm³/mol. The predicted octanol–water partition coefficient (Wildman–Crippen LogP) is 3.28. The van der Waals surface area contributed by atoms with Crippen molar-refractivity contribution >= 4 is 11.3 Å². The third kappa shape index (κ3) is 2.01. The number of hydrogen-bond acceptors (Lipinski definition) is 2. The van der Waals surface area contributed by atoms with Crippen LogP contribution in [-0.2, 0) is 0 Å². The molecule has 2 rings (SSSR count). The lowest BCUT2D eigenvalue weighted by Crippen LogP contribution is -2.02. The molecule has 1 heterocycles. The quantitative estimate of drug-likeness (QED) is 0.716. The van der Waals surface area contributed by atoms with Gasteiger partial charge < -0.3 is 5.11 Å². The van der Waals surface area contributed by atoms with Gasteiger partial charge in [-0.1, -0.05) is 12.1 Å². The Balaban J connectivity index is 2.12. The van der Waals surface area contributed by atoms with Gasteiger partial charge in [0.1, 0.15) is 6.10 Å². The minimum absolute atomic E-state index is 0.333. The van der Waals surface area contributed by atoms with Crippen LogP contribution in [-0.4, -0.2) is 5.11 Å². The molecule has 0 aromatic carbocycles. The summed E-state index contributed by atoms with van der Waals surface area (Å²) in [6.07, 6.45) is 6.58. The van der Waals surface area contributed by atoms with Crippen molar-refractivity contribution in [3.05, 3.63) is 34.0 Å². The van der Waals surface area contributed by atoms with Crippen LogP contribution in [0.15, 0.2) is 29.2 Å². The zero-order chi connectivity index (χ0) is 9.10. The van der Waals surface area contributed by atoms with Crippen molar-refractivity contribution in [3.8, 4) is 0 Å². The molecule has 1 aromatic rings. The van der Waals surface area contributed by atoms with Crippen LogP contribution < -0.4 is 0 Å². The minimum Gasteiger partial charge on any atom is -0.383 e. The molecule has 0 unspecified atom stereocenters. The van der Waals surface area contributed by atoms with E-state index in [0.29, 0.717) is 0 Å². The monoisotopic (exact) mass is 194 g/mol. The van der Waals surface area contributed by atoms with Gasteiger partial charge in [0.25, 0.3) is 0 Å². The van der Waals surface area contributed by atoms with Crippen molar-refractivity contribution in [1.82, 2.24) is 0 Å². The largest absolute Gasteiger partial charge is 0.383 e. The molecule has 1 aliphatic carbocycles. The van der Waals surface area contributed by atoms with Crippen LogP contribution in [0.2, 0.25) is 0 Å². The summed E-state index contributed by atoms with van der Waals surface area (Å²) < 4.78 is 0. The van der Waals surface area contributed by atoms with Gasteiger partial charge in [0.15, 0.2) is 0 Å². The van der Waals surface area contributed by atoms with Crippen molar-refractivity contribution in [3.63, 3.8) is 0 Å². The second-order valence-electron chi connectivity index (χ2n) is 3.44. The van der Waals surface area contributed by atoms with E-state index in [1.807, 2.05) is 17.5 Å². The lowest BCUT2D eigenvalue weighted by Gasteiger charge is -2.17. The average molecular weight is 194 g/mol. The second-order valence-corrected chi connectivity index (χ2v) is 4.42. The van der Waals surface area contributed by atoms with Gasteiger partial charge in [-0.2, -0.15) is 0 Å². The van der Waals surface area contributed by atoms with E-state index in [-0.39, 0.29) is 6.10 Å². The molecule has 1 aromatic heterocycles. The number of hydrogen-bond donors (Lipinski definition) is 1. The van der Waals surface area contributed by atoms with E-state index in [1.165, 1.54) is 18.4 Å². The fourth-order valence-electron chi connectivity index (χ4n) is 1.74. The molecule has 0 saturated carbocycles. The number of allylic oxidation sites excluding steroid dienone is 1. The smallest absolute Gasteiger partial charge is 0.109 e. The van der Waals surface area contributed by atoms with Crippen LogP contribution in [0.1, 0.15) is 36.7 Å². The zero-order valence-corrected chi connectivity index (χ0v) is 8.39. The second kappa shape index (κ2) is 4.07. The first kappa shape index (κ1) is 8.97. The van der Waals surface area contributed by atoms with Gasteiger partial charge in [-0.15, -0.1) is 11.3 Å². The summed E-state index contributed by atoms with van der Waals surface area (Å²) in [6, 6.07) is 4.00. The van der Waals surface area contributed by atoms with Gasteiger partial charge in [0.2, 0.25) is 0 Å². The molecule has 1 aliphatic rings. The molecule has 2 heteroatoms. The Morgan fingerprint density at radius 1 is 1.38 bits per heavy atom. The molecule has 0 fully saturated rings. The van der Waals surface area contributed by atoms with Crippen LogP contribution in [0.4, 0.5) is 0 Å². The highest BCUT2D eigenvalue weighted by Crippen LogP contribution is 2.31. The van der Waals surface area contributed by atoms with E-state index in [2.05, 4.69) is 6.08 Å². The van der Waals surface area contributed by atoms with Crippen molar-refractivity contribution in [1.29, 1.82) is 0 Å². The van der Waals surface area contributed by atoms with E-state index in [9.17, 15) is 5.11 Å². The van der Waals surface area contributed by atoms with Crippen LogP contribution in [0, 0.1) is 0 Å². The molecule has 0 amide bonds. The standard InChI is InChI=1S/C11H14OS/c12-11(10-7-4-8-13-10)9-5-2-1-3-6-9/h4-5,7-8,11-12H,1-3,6H2/t11-/m0/s1. The summed E-state index contributed by atoms with van der Waals surface area (Å²) in [7, 11) is 0. The van der Waals surface area contributed by atoms with Gasteiger partial charge in [-0.05, 0) is 42.7 Å². The van der Waals surface area contributed by atoms with E-state index in [1.54, 1.807) is 11.3 Å². The van der Waals surface area contributed by atoms with Gasteiger partial charge in [0, 0.05) is 4.88 Å². The molecule has 70 valence electrons. The molecule has 1 N–H and O–H groups in total. The molecule has 1 atom stereocenters. The Bertz CT molecular complexity index is 287. The molecule has 0 aliphatic heterocycles. The van der Waals surface area contributed by atoms with E-state index in [0.717, 1.165) is 17.7 Å². The fraction of sp³-hybridized carbons (Fsp3) is 0.455. The number of thiophene rings is 1. The summed E-state index contributed by atoms with van der Waals surface area (Å²) >= 11 is 1.63. The number of aliphatic hydroxyl groups excluding tert-OH is 1. The highest BCUT2D eigenvalue weighted by atomic mass is 32.1. The minimum atomic E-state index is -0.333.